The van der Waals surface area contributed by atoms with Gasteiger partial charge in [0.1, 0.15) is 22.5 Å². The van der Waals surface area contributed by atoms with E-state index in [1.807, 2.05) is 0 Å². The van der Waals surface area contributed by atoms with Crippen molar-refractivity contribution in [3.63, 3.8) is 0 Å². The average Bonchev–Trinajstić information content (AvgIpc) is 3.47. The fourth-order valence-electron chi connectivity index (χ4n) is 5.14. The van der Waals surface area contributed by atoms with Crippen molar-refractivity contribution in [2.75, 3.05) is 24.9 Å². The molecule has 1 aliphatic heterocycles. The number of carbonyl (C=O) groups excluding carboxylic acids is 1. The number of alkyl halides is 3. The maximum atomic E-state index is 14.1. The van der Waals surface area contributed by atoms with Crippen molar-refractivity contribution in [1.82, 2.24) is 9.78 Å². The molecule has 0 bridgehead atoms. The standard InChI is InChI=1S/C26H26F3N5O3S/c1-13-4-6-15-16(11-30)25(38-21(15)8-13)33-24(35)17-12-31-34-22(26(27,28)29)10-18(32-23(17)34)14-5-7-19(36-2)20(9-14)37-3/h5,7,9,12-13,18,22,32H,4,6,8,10H2,1-3H3,(H,33,35)/t13-,18+,22+/m0/s1. The number of carbonyl (C=O) groups is 1. The average molecular weight is 546 g/mol. The van der Waals surface area contributed by atoms with E-state index in [1.54, 1.807) is 18.2 Å². The number of thiophene rings is 1. The molecule has 0 fully saturated rings. The number of fused-ring (bicyclic) bond motifs is 2. The number of hydrogen-bond acceptors (Lipinski definition) is 7. The quantitative estimate of drug-likeness (QED) is 0.416. The third-order valence-electron chi connectivity index (χ3n) is 7.14. The van der Waals surface area contributed by atoms with Gasteiger partial charge in [0.25, 0.3) is 5.91 Å². The molecule has 0 spiro atoms. The topological polar surface area (TPSA) is 101 Å². The molecular weight excluding hydrogens is 519 g/mol. The molecule has 1 aromatic carbocycles. The molecule has 12 heteroatoms. The monoisotopic (exact) mass is 545 g/mol. The van der Waals surface area contributed by atoms with Crippen LogP contribution in [0.3, 0.4) is 0 Å². The van der Waals surface area contributed by atoms with E-state index < -0.39 is 24.2 Å². The van der Waals surface area contributed by atoms with E-state index in [1.165, 1.54) is 25.6 Å². The Balaban J connectivity index is 1.49. The molecule has 3 aromatic rings. The first-order chi connectivity index (χ1) is 18.1. The Morgan fingerprint density at radius 1 is 1.29 bits per heavy atom. The molecule has 2 aromatic heterocycles. The normalized spacial score (nSPS) is 20.5. The van der Waals surface area contributed by atoms with Crippen molar-refractivity contribution in [3.8, 4) is 17.6 Å². The summed E-state index contributed by atoms with van der Waals surface area (Å²) >= 11 is 1.36. The smallest absolute Gasteiger partial charge is 0.410 e. The first-order valence-corrected chi connectivity index (χ1v) is 12.9. The van der Waals surface area contributed by atoms with Gasteiger partial charge in [-0.25, -0.2) is 4.68 Å². The number of rotatable bonds is 5. The van der Waals surface area contributed by atoms with Gasteiger partial charge in [0, 0.05) is 11.3 Å². The Morgan fingerprint density at radius 3 is 2.74 bits per heavy atom. The maximum absolute atomic E-state index is 14.1. The molecule has 3 atom stereocenters. The highest BCUT2D eigenvalue weighted by molar-refractivity contribution is 7.16. The number of hydrogen-bond donors (Lipinski definition) is 2. The van der Waals surface area contributed by atoms with E-state index in [0.717, 1.165) is 40.6 Å². The van der Waals surface area contributed by atoms with Crippen LogP contribution >= 0.6 is 11.3 Å². The van der Waals surface area contributed by atoms with Crippen LogP contribution in [0.1, 0.15) is 63.8 Å². The zero-order chi connectivity index (χ0) is 27.2. The predicted octanol–water partition coefficient (Wildman–Crippen LogP) is 5.87. The zero-order valence-corrected chi connectivity index (χ0v) is 21.8. The number of amides is 1. The lowest BCUT2D eigenvalue weighted by Crippen LogP contribution is -2.36. The van der Waals surface area contributed by atoms with Crippen molar-refractivity contribution in [2.24, 2.45) is 5.92 Å². The summed E-state index contributed by atoms with van der Waals surface area (Å²) in [7, 11) is 2.92. The molecule has 0 saturated carbocycles. The van der Waals surface area contributed by atoms with Gasteiger partial charge in [-0.05, 0) is 48.4 Å². The molecule has 8 nitrogen and oxygen atoms in total. The van der Waals surface area contributed by atoms with E-state index in [2.05, 4.69) is 28.7 Å². The van der Waals surface area contributed by atoms with E-state index in [4.69, 9.17) is 9.47 Å². The van der Waals surface area contributed by atoms with Crippen LogP contribution in [0, 0.1) is 17.2 Å². The largest absolute Gasteiger partial charge is 0.493 e. The summed E-state index contributed by atoms with van der Waals surface area (Å²) in [5.74, 6) is 0.648. The van der Waals surface area contributed by atoms with Gasteiger partial charge in [0.15, 0.2) is 17.5 Å². The second-order valence-electron chi connectivity index (χ2n) is 9.58. The number of benzene rings is 1. The minimum atomic E-state index is -4.59. The molecule has 1 amide bonds. The van der Waals surface area contributed by atoms with Crippen molar-refractivity contribution < 1.29 is 27.4 Å². The lowest BCUT2D eigenvalue weighted by atomic mass is 9.88. The summed E-state index contributed by atoms with van der Waals surface area (Å²) in [4.78, 5) is 14.4. The molecule has 200 valence electrons. The summed E-state index contributed by atoms with van der Waals surface area (Å²) in [6.45, 7) is 2.14. The lowest BCUT2D eigenvalue weighted by Gasteiger charge is -2.34. The Hall–Kier alpha value is -3.72. The maximum Gasteiger partial charge on any atom is 0.410 e. The van der Waals surface area contributed by atoms with Gasteiger partial charge >= 0.3 is 6.18 Å². The van der Waals surface area contributed by atoms with Crippen LogP contribution in [-0.4, -0.2) is 36.1 Å². The van der Waals surface area contributed by atoms with E-state index >= 15 is 0 Å². The molecule has 2 aliphatic rings. The van der Waals surface area contributed by atoms with E-state index in [0.29, 0.717) is 33.5 Å². The number of ether oxygens (including phenoxy) is 2. The summed E-state index contributed by atoms with van der Waals surface area (Å²) in [5, 5.41) is 20.0. The lowest BCUT2D eigenvalue weighted by molar-refractivity contribution is -0.173. The van der Waals surface area contributed by atoms with Crippen LogP contribution < -0.4 is 20.1 Å². The number of nitriles is 1. The van der Waals surface area contributed by atoms with E-state index in [9.17, 15) is 23.2 Å². The molecule has 3 heterocycles. The second kappa shape index (κ2) is 9.87. The molecule has 5 rings (SSSR count). The fourth-order valence-corrected chi connectivity index (χ4v) is 6.50. The molecule has 0 saturated heterocycles. The molecule has 2 N–H and O–H groups in total. The first-order valence-electron chi connectivity index (χ1n) is 12.1. The minimum absolute atomic E-state index is 0.0342. The molecular formula is C26H26F3N5O3S. The van der Waals surface area contributed by atoms with Gasteiger partial charge in [-0.2, -0.15) is 23.5 Å². The SMILES string of the molecule is COc1ccc([C@H]2C[C@H](C(F)(F)F)n3ncc(C(=O)Nc4sc5c(c4C#N)CC[C@H](C)C5)c3N2)cc1OC. The van der Waals surface area contributed by atoms with E-state index in [-0.39, 0.29) is 17.8 Å². The van der Waals surface area contributed by atoms with Crippen LogP contribution in [0.25, 0.3) is 0 Å². The third kappa shape index (κ3) is 4.55. The number of nitrogens with zero attached hydrogens (tertiary/aromatic N) is 3. The van der Waals surface area contributed by atoms with Crippen LogP contribution in [0.4, 0.5) is 24.0 Å². The highest BCUT2D eigenvalue weighted by Gasteiger charge is 2.47. The highest BCUT2D eigenvalue weighted by atomic mass is 32.1. The number of nitrogens with one attached hydrogen (secondary N) is 2. The van der Waals surface area contributed by atoms with Gasteiger partial charge in [-0.15, -0.1) is 11.3 Å². The highest BCUT2D eigenvalue weighted by Crippen LogP contribution is 2.46. The van der Waals surface area contributed by atoms with Gasteiger partial charge in [0.2, 0.25) is 0 Å². The number of halogens is 3. The summed E-state index contributed by atoms with van der Waals surface area (Å²) in [6, 6.07) is 4.38. The fraction of sp³-hybridized carbons (Fsp3) is 0.423. The Morgan fingerprint density at radius 2 is 2.05 bits per heavy atom. The molecule has 38 heavy (non-hydrogen) atoms. The summed E-state index contributed by atoms with van der Waals surface area (Å²) in [5.41, 5.74) is 1.89. The van der Waals surface area contributed by atoms with Gasteiger partial charge < -0.3 is 20.1 Å². The second-order valence-corrected chi connectivity index (χ2v) is 10.7. The number of methoxy groups -OCH3 is 2. The molecule has 0 unspecified atom stereocenters. The van der Waals surface area contributed by atoms with Crippen LogP contribution in [0.15, 0.2) is 24.4 Å². The van der Waals surface area contributed by atoms with Gasteiger partial charge in [-0.1, -0.05) is 13.0 Å². The first kappa shape index (κ1) is 25.9. The zero-order valence-electron chi connectivity index (χ0n) is 21.0. The van der Waals surface area contributed by atoms with Crippen LogP contribution in [-0.2, 0) is 12.8 Å². The van der Waals surface area contributed by atoms with Crippen molar-refractivity contribution in [1.29, 1.82) is 5.26 Å². The molecule has 1 aliphatic carbocycles. The van der Waals surface area contributed by atoms with Crippen molar-refractivity contribution >= 4 is 28.1 Å². The Bertz CT molecular complexity index is 1420. The van der Waals surface area contributed by atoms with Crippen molar-refractivity contribution in [3.05, 3.63) is 51.5 Å². The Labute approximate surface area is 221 Å². The summed E-state index contributed by atoms with van der Waals surface area (Å²) < 4.78 is 53.8. The predicted molar refractivity (Wildman–Crippen MR) is 136 cm³/mol. The van der Waals surface area contributed by atoms with Crippen LogP contribution in [0.2, 0.25) is 0 Å². The minimum Gasteiger partial charge on any atom is -0.493 e. The number of aromatic nitrogens is 2. The van der Waals surface area contributed by atoms with Crippen LogP contribution in [0.5, 0.6) is 11.5 Å². The third-order valence-corrected chi connectivity index (χ3v) is 8.31. The number of anilines is 2. The summed E-state index contributed by atoms with van der Waals surface area (Å²) in [6.07, 6.45) is -1.24. The van der Waals surface area contributed by atoms with Gasteiger partial charge in [0.05, 0.1) is 32.0 Å². The van der Waals surface area contributed by atoms with Gasteiger partial charge in [-0.3, -0.25) is 4.79 Å². The Kier molecular flexibility index (Phi) is 6.73. The molecule has 0 radical (unpaired) electrons. The van der Waals surface area contributed by atoms with Crippen molar-refractivity contribution in [2.45, 2.75) is 50.9 Å².